The van der Waals surface area contributed by atoms with Crippen LogP contribution in [0.15, 0.2) is 84.9 Å². The van der Waals surface area contributed by atoms with Crippen molar-refractivity contribution in [3.63, 3.8) is 0 Å². The number of ketones is 1. The molecule has 0 saturated heterocycles. The lowest BCUT2D eigenvalue weighted by Crippen LogP contribution is -1.95. The molecule has 0 aliphatic carbocycles. The van der Waals surface area contributed by atoms with E-state index in [-0.39, 0.29) is 5.78 Å². The van der Waals surface area contributed by atoms with Gasteiger partial charge >= 0.3 is 0 Å². The highest BCUT2D eigenvalue weighted by Gasteiger charge is 2.02. The van der Waals surface area contributed by atoms with Gasteiger partial charge in [0.1, 0.15) is 12.4 Å². The average molecular weight is 349 g/mol. The number of rotatable bonds is 6. The zero-order valence-electron chi connectivity index (χ0n) is 13.6. The fraction of sp³-hybridized carbons (Fsp3) is 0.0455. The van der Waals surface area contributed by atoms with Gasteiger partial charge in [0.2, 0.25) is 0 Å². The highest BCUT2D eigenvalue weighted by atomic mass is 35.5. The molecular weight excluding hydrogens is 332 g/mol. The van der Waals surface area contributed by atoms with Gasteiger partial charge in [0.15, 0.2) is 5.78 Å². The number of hydrogen-bond acceptors (Lipinski definition) is 2. The molecule has 0 spiro atoms. The Morgan fingerprint density at radius 2 is 1.72 bits per heavy atom. The molecule has 0 saturated carbocycles. The van der Waals surface area contributed by atoms with Crippen LogP contribution in [0.1, 0.15) is 21.5 Å². The highest BCUT2D eigenvalue weighted by Crippen LogP contribution is 2.17. The topological polar surface area (TPSA) is 26.3 Å². The Morgan fingerprint density at radius 3 is 2.52 bits per heavy atom. The van der Waals surface area contributed by atoms with Crippen molar-refractivity contribution in [1.29, 1.82) is 0 Å². The maximum Gasteiger partial charge on any atom is 0.185 e. The molecule has 0 amide bonds. The fourth-order valence-corrected chi connectivity index (χ4v) is 2.55. The molecule has 0 N–H and O–H groups in total. The third-order valence-electron chi connectivity index (χ3n) is 3.64. The molecule has 0 aliphatic heterocycles. The quantitative estimate of drug-likeness (QED) is 0.414. The number of allylic oxidation sites excluding steroid dienone is 1. The summed E-state index contributed by atoms with van der Waals surface area (Å²) in [5.41, 5.74) is 2.58. The van der Waals surface area contributed by atoms with E-state index >= 15 is 0 Å². The van der Waals surface area contributed by atoms with Crippen molar-refractivity contribution in [2.24, 2.45) is 0 Å². The van der Waals surface area contributed by atoms with Crippen LogP contribution in [0.2, 0.25) is 5.02 Å². The summed E-state index contributed by atoms with van der Waals surface area (Å²) < 4.78 is 5.80. The van der Waals surface area contributed by atoms with Gasteiger partial charge in [0.25, 0.3) is 0 Å². The van der Waals surface area contributed by atoms with Gasteiger partial charge in [-0.25, -0.2) is 0 Å². The molecular formula is C22H17ClO2. The molecule has 0 aromatic heterocycles. The predicted octanol–water partition coefficient (Wildman–Crippen LogP) is 5.82. The second kappa shape index (κ2) is 8.32. The number of hydrogen-bond donors (Lipinski definition) is 0. The van der Waals surface area contributed by atoms with E-state index in [2.05, 4.69) is 0 Å². The van der Waals surface area contributed by atoms with Crippen LogP contribution in [0.3, 0.4) is 0 Å². The standard InChI is InChI=1S/C22H17ClO2/c23-20-10-5-9-19(15-20)22(24)13-12-17-8-4-11-21(14-17)25-16-18-6-2-1-3-7-18/h1-15H,16H2/b13-12+. The van der Waals surface area contributed by atoms with Crippen molar-refractivity contribution in [1.82, 2.24) is 0 Å². The lowest BCUT2D eigenvalue weighted by molar-refractivity contribution is 0.104. The molecule has 25 heavy (non-hydrogen) atoms. The average Bonchev–Trinajstić information content (AvgIpc) is 2.66. The molecule has 3 aromatic carbocycles. The number of carbonyl (C=O) groups is 1. The van der Waals surface area contributed by atoms with Gasteiger partial charge in [0, 0.05) is 10.6 Å². The molecule has 0 radical (unpaired) electrons. The van der Waals surface area contributed by atoms with E-state index in [1.807, 2.05) is 54.6 Å². The largest absolute Gasteiger partial charge is 0.489 e. The van der Waals surface area contributed by atoms with Crippen molar-refractivity contribution >= 4 is 23.5 Å². The lowest BCUT2D eigenvalue weighted by atomic mass is 10.1. The van der Waals surface area contributed by atoms with Crippen LogP contribution in [-0.4, -0.2) is 5.78 Å². The smallest absolute Gasteiger partial charge is 0.185 e. The summed E-state index contributed by atoms with van der Waals surface area (Å²) >= 11 is 5.92. The molecule has 0 fully saturated rings. The Balaban J connectivity index is 1.66. The van der Waals surface area contributed by atoms with Gasteiger partial charge < -0.3 is 4.74 Å². The third kappa shape index (κ3) is 5.07. The molecule has 3 rings (SSSR count). The summed E-state index contributed by atoms with van der Waals surface area (Å²) in [6.45, 7) is 0.509. The Labute approximate surface area is 152 Å². The molecule has 0 unspecified atom stereocenters. The summed E-state index contributed by atoms with van der Waals surface area (Å²) in [6.07, 6.45) is 3.32. The van der Waals surface area contributed by atoms with Crippen molar-refractivity contribution in [3.8, 4) is 5.75 Å². The van der Waals surface area contributed by atoms with Crippen molar-refractivity contribution < 1.29 is 9.53 Å². The van der Waals surface area contributed by atoms with Gasteiger partial charge in [-0.1, -0.05) is 72.3 Å². The maximum atomic E-state index is 12.2. The first kappa shape index (κ1) is 17.0. The van der Waals surface area contributed by atoms with Crippen LogP contribution in [0.25, 0.3) is 6.08 Å². The highest BCUT2D eigenvalue weighted by molar-refractivity contribution is 6.31. The summed E-state index contributed by atoms with van der Waals surface area (Å²) in [5.74, 6) is 0.680. The van der Waals surface area contributed by atoms with Crippen molar-refractivity contribution in [2.45, 2.75) is 6.61 Å². The predicted molar refractivity (Wildman–Crippen MR) is 102 cm³/mol. The minimum absolute atomic E-state index is 0.0851. The SMILES string of the molecule is O=C(/C=C/c1cccc(OCc2ccccc2)c1)c1cccc(Cl)c1. The summed E-state index contributed by atoms with van der Waals surface area (Å²) in [6, 6.07) is 24.6. The molecule has 0 bridgehead atoms. The second-order valence-corrected chi connectivity index (χ2v) is 5.99. The lowest BCUT2D eigenvalue weighted by Gasteiger charge is -2.06. The minimum atomic E-state index is -0.0851. The Hall–Kier alpha value is -2.84. The van der Waals surface area contributed by atoms with E-state index in [1.165, 1.54) is 0 Å². The van der Waals surface area contributed by atoms with E-state index in [1.54, 1.807) is 36.4 Å². The Kier molecular flexibility index (Phi) is 5.65. The monoisotopic (exact) mass is 348 g/mol. The molecule has 3 aromatic rings. The molecule has 124 valence electrons. The van der Waals surface area contributed by atoms with Crippen LogP contribution in [0.4, 0.5) is 0 Å². The van der Waals surface area contributed by atoms with Crippen LogP contribution in [-0.2, 0) is 6.61 Å². The summed E-state index contributed by atoms with van der Waals surface area (Å²) in [4.78, 5) is 12.2. The second-order valence-electron chi connectivity index (χ2n) is 5.55. The Bertz CT molecular complexity index is 885. The zero-order chi connectivity index (χ0) is 17.5. The molecule has 0 aliphatic rings. The van der Waals surface area contributed by atoms with Crippen LogP contribution in [0.5, 0.6) is 5.75 Å². The van der Waals surface area contributed by atoms with E-state index in [4.69, 9.17) is 16.3 Å². The molecule has 0 heterocycles. The van der Waals surface area contributed by atoms with E-state index in [9.17, 15) is 4.79 Å². The number of ether oxygens (including phenoxy) is 1. The zero-order valence-corrected chi connectivity index (χ0v) is 14.3. The Morgan fingerprint density at radius 1 is 0.920 bits per heavy atom. The number of halogens is 1. The summed E-state index contributed by atoms with van der Waals surface area (Å²) in [7, 11) is 0. The fourth-order valence-electron chi connectivity index (χ4n) is 2.36. The van der Waals surface area contributed by atoms with Crippen molar-refractivity contribution in [2.75, 3.05) is 0 Å². The van der Waals surface area contributed by atoms with E-state index in [0.29, 0.717) is 17.2 Å². The van der Waals surface area contributed by atoms with E-state index < -0.39 is 0 Å². The van der Waals surface area contributed by atoms with Gasteiger partial charge in [-0.2, -0.15) is 0 Å². The normalized spacial score (nSPS) is 10.8. The maximum absolute atomic E-state index is 12.2. The first-order valence-corrected chi connectivity index (χ1v) is 8.33. The van der Waals surface area contributed by atoms with Gasteiger partial charge in [-0.3, -0.25) is 4.79 Å². The van der Waals surface area contributed by atoms with Gasteiger partial charge in [-0.05, 0) is 41.5 Å². The van der Waals surface area contributed by atoms with Crippen molar-refractivity contribution in [3.05, 3.63) is 107 Å². The van der Waals surface area contributed by atoms with Gasteiger partial charge in [-0.15, -0.1) is 0 Å². The molecule has 0 atom stereocenters. The third-order valence-corrected chi connectivity index (χ3v) is 3.88. The molecule has 3 heteroatoms. The van der Waals surface area contributed by atoms with E-state index in [0.717, 1.165) is 16.9 Å². The van der Waals surface area contributed by atoms with Crippen LogP contribution in [0, 0.1) is 0 Å². The van der Waals surface area contributed by atoms with Crippen LogP contribution < -0.4 is 4.74 Å². The number of benzene rings is 3. The molecule has 2 nitrogen and oxygen atoms in total. The van der Waals surface area contributed by atoms with Crippen LogP contribution >= 0.6 is 11.6 Å². The number of carbonyl (C=O) groups excluding carboxylic acids is 1. The first-order chi connectivity index (χ1) is 12.2. The first-order valence-electron chi connectivity index (χ1n) is 7.95. The van der Waals surface area contributed by atoms with Gasteiger partial charge in [0.05, 0.1) is 0 Å². The minimum Gasteiger partial charge on any atom is -0.489 e. The summed E-state index contributed by atoms with van der Waals surface area (Å²) in [5, 5.41) is 0.551.